The van der Waals surface area contributed by atoms with Crippen molar-refractivity contribution in [2.24, 2.45) is 0 Å². The normalized spacial score (nSPS) is 16.0. The number of unbranched alkanes of at least 4 members (excludes halogenated alkanes) is 4. The van der Waals surface area contributed by atoms with Crippen LogP contribution in [0.15, 0.2) is 42.5 Å². The van der Waals surface area contributed by atoms with Gasteiger partial charge in [-0.15, -0.1) is 0 Å². The average molecular weight is 600 g/mol. The molecular weight excluding hydrogens is 554 g/mol. The predicted octanol–water partition coefficient (Wildman–Crippen LogP) is 4.31. The highest BCUT2D eigenvalue weighted by molar-refractivity contribution is 6.19. The molecule has 0 aliphatic carbocycles. The number of carbonyl (C=O) groups excluding carboxylic acids is 2. The molecule has 0 radical (unpaired) electrons. The molecule has 43 heavy (non-hydrogen) atoms. The van der Waals surface area contributed by atoms with Crippen molar-refractivity contribution in [1.82, 2.24) is 10.6 Å². The van der Waals surface area contributed by atoms with Crippen LogP contribution in [0.4, 0.5) is 10.5 Å². The molecule has 2 aromatic rings. The van der Waals surface area contributed by atoms with Crippen LogP contribution in [0.3, 0.4) is 0 Å². The Balaban J connectivity index is 0.00000162. The van der Waals surface area contributed by atoms with Crippen molar-refractivity contribution in [3.05, 3.63) is 59.2 Å². The number of nitrogens with one attached hydrogen (secondary N) is 2. The molecular formula is C32H45N3O8. The zero-order chi connectivity index (χ0) is 31.1. The molecule has 3 amide bonds. The number of benzene rings is 2. The van der Waals surface area contributed by atoms with E-state index in [9.17, 15) is 14.7 Å². The molecule has 11 nitrogen and oxygen atoms in total. The summed E-state index contributed by atoms with van der Waals surface area (Å²) in [7, 11) is 0. The number of nitrogens with zero attached hydrogens (tertiary/aromatic N) is 1. The van der Waals surface area contributed by atoms with Crippen LogP contribution in [0, 0.1) is 0 Å². The Morgan fingerprint density at radius 2 is 1.81 bits per heavy atom. The lowest BCUT2D eigenvalue weighted by molar-refractivity contribution is -0.180. The number of hydrogen-bond acceptors (Lipinski definition) is 8. The molecule has 2 aromatic carbocycles. The second-order valence-electron chi connectivity index (χ2n) is 11.0. The van der Waals surface area contributed by atoms with E-state index in [4.69, 9.17) is 24.1 Å². The second kappa shape index (κ2) is 17.6. The van der Waals surface area contributed by atoms with Gasteiger partial charge in [-0.3, -0.25) is 9.59 Å². The molecule has 4 N–H and O–H groups in total. The number of hydrogen-bond donors (Lipinski definition) is 4. The van der Waals surface area contributed by atoms with Gasteiger partial charge in [-0.1, -0.05) is 37.5 Å². The van der Waals surface area contributed by atoms with Crippen LogP contribution in [0.1, 0.15) is 75.2 Å². The summed E-state index contributed by atoms with van der Waals surface area (Å²) in [5, 5.41) is 23.3. The van der Waals surface area contributed by atoms with Crippen LogP contribution < -0.4 is 20.3 Å². The number of carboxylic acid groups (broad SMARTS) is 1. The minimum atomic E-state index is -0.614. The number of amides is 3. The van der Waals surface area contributed by atoms with Gasteiger partial charge in [-0.2, -0.15) is 0 Å². The van der Waals surface area contributed by atoms with E-state index in [2.05, 4.69) is 10.6 Å². The molecule has 0 unspecified atom stereocenters. The summed E-state index contributed by atoms with van der Waals surface area (Å²) >= 11 is 0. The first-order chi connectivity index (χ1) is 20.7. The molecule has 4 rings (SSSR count). The van der Waals surface area contributed by atoms with Crippen LogP contribution in [0.2, 0.25) is 0 Å². The minimum absolute atomic E-state index is 0.0560. The third kappa shape index (κ3) is 11.3. The third-order valence-corrected chi connectivity index (χ3v) is 7.15. The largest absolute Gasteiger partial charge is 0.483 e. The summed E-state index contributed by atoms with van der Waals surface area (Å²) in [5.41, 5.74) is 3.55. The van der Waals surface area contributed by atoms with Crippen LogP contribution >= 0.6 is 0 Å². The summed E-state index contributed by atoms with van der Waals surface area (Å²) in [6.45, 7) is 6.95. The summed E-state index contributed by atoms with van der Waals surface area (Å²) in [4.78, 5) is 33.3. The van der Waals surface area contributed by atoms with Crippen molar-refractivity contribution < 1.29 is 38.8 Å². The third-order valence-electron chi connectivity index (χ3n) is 7.15. The molecule has 0 saturated carbocycles. The molecule has 2 heterocycles. The van der Waals surface area contributed by atoms with Crippen LogP contribution in [-0.2, 0) is 32.1 Å². The fraction of sp³-hybridized carbons (Fsp3) is 0.531. The van der Waals surface area contributed by atoms with E-state index in [-0.39, 0.29) is 25.0 Å². The number of ether oxygens (including phenoxy) is 3. The Kier molecular flexibility index (Phi) is 13.9. The van der Waals surface area contributed by atoms with E-state index in [0.29, 0.717) is 25.4 Å². The highest BCUT2D eigenvalue weighted by Gasteiger charge is 2.30. The SMILES string of the molecule is CC1(C)OCc2cc([C@@H](O)CNCCCCCCCOCCCc3cccc(N4C(=O)CNC4=O)c3)ccc2O1.O=CO. The monoisotopic (exact) mass is 599 g/mol. The van der Waals surface area contributed by atoms with Crippen molar-refractivity contribution in [3.8, 4) is 5.75 Å². The molecule has 1 saturated heterocycles. The zero-order valence-electron chi connectivity index (χ0n) is 25.2. The second-order valence-corrected chi connectivity index (χ2v) is 11.0. The topological polar surface area (TPSA) is 147 Å². The van der Waals surface area contributed by atoms with Crippen molar-refractivity contribution in [1.29, 1.82) is 0 Å². The molecule has 0 spiro atoms. The van der Waals surface area contributed by atoms with E-state index in [0.717, 1.165) is 74.1 Å². The first-order valence-electron chi connectivity index (χ1n) is 14.9. The van der Waals surface area contributed by atoms with Gasteiger partial charge in [0.1, 0.15) is 5.75 Å². The molecule has 1 atom stereocenters. The van der Waals surface area contributed by atoms with Crippen LogP contribution in [0.5, 0.6) is 5.75 Å². The fourth-order valence-corrected chi connectivity index (χ4v) is 4.92. The Bertz CT molecular complexity index is 1170. The summed E-state index contributed by atoms with van der Waals surface area (Å²) < 4.78 is 17.3. The van der Waals surface area contributed by atoms with Gasteiger partial charge >= 0.3 is 6.03 Å². The summed E-state index contributed by atoms with van der Waals surface area (Å²) in [6, 6.07) is 13.0. The van der Waals surface area contributed by atoms with Crippen molar-refractivity contribution >= 4 is 24.1 Å². The van der Waals surface area contributed by atoms with Crippen molar-refractivity contribution in [2.75, 3.05) is 37.7 Å². The highest BCUT2D eigenvalue weighted by atomic mass is 16.7. The lowest BCUT2D eigenvalue weighted by Crippen LogP contribution is -2.35. The molecule has 2 aliphatic rings. The lowest BCUT2D eigenvalue weighted by Gasteiger charge is -2.33. The van der Waals surface area contributed by atoms with Gasteiger partial charge < -0.3 is 35.1 Å². The van der Waals surface area contributed by atoms with Gasteiger partial charge in [0.25, 0.3) is 12.4 Å². The number of fused-ring (bicyclic) bond motifs is 1. The number of aliphatic hydroxyl groups is 1. The van der Waals surface area contributed by atoms with Crippen LogP contribution in [-0.4, -0.2) is 67.3 Å². The molecule has 11 heteroatoms. The first kappa shape index (κ1) is 34.0. The van der Waals surface area contributed by atoms with Crippen LogP contribution in [0.25, 0.3) is 0 Å². The van der Waals surface area contributed by atoms with E-state index >= 15 is 0 Å². The van der Waals surface area contributed by atoms with E-state index in [1.54, 1.807) is 6.07 Å². The van der Waals surface area contributed by atoms with Gasteiger partial charge in [-0.25, -0.2) is 9.69 Å². The maximum absolute atomic E-state index is 11.9. The van der Waals surface area contributed by atoms with Gasteiger partial charge in [-0.05, 0) is 67.6 Å². The first-order valence-corrected chi connectivity index (χ1v) is 14.9. The number of carbonyl (C=O) groups is 3. The maximum atomic E-state index is 11.9. The fourth-order valence-electron chi connectivity index (χ4n) is 4.92. The number of anilines is 1. The molecule has 1 fully saturated rings. The molecule has 0 aromatic heterocycles. The van der Waals surface area contributed by atoms with Gasteiger partial charge in [0.05, 0.1) is 24.9 Å². The Hall–Kier alpha value is -3.51. The number of imide groups is 1. The number of aliphatic hydroxyl groups excluding tert-OH is 1. The van der Waals surface area contributed by atoms with Crippen molar-refractivity contribution in [2.45, 2.75) is 77.3 Å². The predicted molar refractivity (Wildman–Crippen MR) is 162 cm³/mol. The van der Waals surface area contributed by atoms with E-state index in [1.165, 1.54) is 11.3 Å². The quantitative estimate of drug-likeness (QED) is 0.126. The Morgan fingerprint density at radius 1 is 1.07 bits per heavy atom. The number of urea groups is 1. The van der Waals surface area contributed by atoms with E-state index < -0.39 is 11.9 Å². The standard InChI is InChI=1S/C31H43N3O6.CH2O2/c1-31(2)39-22-25-19-24(13-14-28(25)40-31)27(35)20-32-15-6-4-3-5-7-16-38-17-9-11-23-10-8-12-26(18-23)34-29(36)21-33-30(34)37;2-1-3/h8,10,12-14,18-19,27,32,35H,3-7,9,11,15-17,20-22H2,1-2H3,(H,33,37);1H,(H,2,3)/t27-;/m0./s1. The molecule has 236 valence electrons. The number of rotatable bonds is 16. The molecule has 0 bridgehead atoms. The van der Waals surface area contributed by atoms with E-state index in [1.807, 2.05) is 50.2 Å². The Morgan fingerprint density at radius 3 is 2.58 bits per heavy atom. The zero-order valence-corrected chi connectivity index (χ0v) is 25.2. The lowest BCUT2D eigenvalue weighted by atomic mass is 10.0. The van der Waals surface area contributed by atoms with Gasteiger partial charge in [0, 0.05) is 39.2 Å². The average Bonchev–Trinajstić information content (AvgIpc) is 3.32. The number of aryl methyl sites for hydroxylation is 1. The summed E-state index contributed by atoms with van der Waals surface area (Å²) in [6.07, 6.45) is 6.78. The minimum Gasteiger partial charge on any atom is -0.483 e. The summed E-state index contributed by atoms with van der Waals surface area (Å²) in [5.74, 6) is -0.0173. The highest BCUT2D eigenvalue weighted by Crippen LogP contribution is 2.32. The smallest absolute Gasteiger partial charge is 0.329 e. The Labute approximate surface area is 253 Å². The maximum Gasteiger partial charge on any atom is 0.329 e. The van der Waals surface area contributed by atoms with Gasteiger partial charge in [0.15, 0.2) is 0 Å². The molecule has 2 aliphatic heterocycles. The van der Waals surface area contributed by atoms with Crippen molar-refractivity contribution in [3.63, 3.8) is 0 Å². The van der Waals surface area contributed by atoms with Gasteiger partial charge in [0.2, 0.25) is 5.79 Å².